The highest BCUT2D eigenvalue weighted by Crippen LogP contribution is 2.10. The first kappa shape index (κ1) is 30.8. The molecule has 0 fully saturated rings. The van der Waals surface area contributed by atoms with Gasteiger partial charge in [-0.15, -0.1) is 0 Å². The van der Waals surface area contributed by atoms with Crippen LogP contribution in [-0.4, -0.2) is 46.5 Å². The fraction of sp³-hybridized carbons (Fsp3) is 0.800. The first-order valence-corrected chi connectivity index (χ1v) is 9.58. The number of nitrogens with two attached hydrogens (primary N) is 1. The molecule has 0 unspecified atom stereocenters. The Balaban J connectivity index is -0.000000426. The van der Waals surface area contributed by atoms with Gasteiger partial charge in [-0.1, -0.05) is 13.8 Å². The molecule has 0 spiro atoms. The van der Waals surface area contributed by atoms with Crippen molar-refractivity contribution in [3.8, 4) is 0 Å². The van der Waals surface area contributed by atoms with E-state index in [1.54, 1.807) is 20.8 Å². The van der Waals surface area contributed by atoms with Crippen LogP contribution in [-0.2, 0) is 28.7 Å². The molecule has 0 amide bonds. The highest BCUT2D eigenvalue weighted by molar-refractivity contribution is 6.32. The van der Waals surface area contributed by atoms with Crippen molar-refractivity contribution in [1.29, 1.82) is 0 Å². The van der Waals surface area contributed by atoms with Crippen LogP contribution in [0.5, 0.6) is 0 Å². The number of carbonyl (C=O) groups excluding carboxylic acids is 3. The summed E-state index contributed by atoms with van der Waals surface area (Å²) in [7, 11) is 0. The molecule has 0 aromatic rings. The Hall–Kier alpha value is -1.96. The number of ketones is 1. The van der Waals surface area contributed by atoms with Crippen molar-refractivity contribution in [2.75, 3.05) is 6.54 Å². The molecule has 3 N–H and O–H groups in total. The first-order valence-electron chi connectivity index (χ1n) is 9.58. The number of hydrogen-bond donors (Lipinski definition) is 2. The molecule has 166 valence electrons. The second kappa shape index (κ2) is 16.0. The number of carbonyl (C=O) groups is 4. The molecule has 0 bridgehead atoms. The third-order valence-corrected chi connectivity index (χ3v) is 2.45. The molecular weight excluding hydrogens is 366 g/mol. The molecule has 0 saturated heterocycles. The molecule has 0 aliphatic rings. The average molecular weight is 406 g/mol. The lowest BCUT2D eigenvalue weighted by Crippen LogP contribution is -2.24. The van der Waals surface area contributed by atoms with Crippen molar-refractivity contribution in [3.05, 3.63) is 0 Å². The van der Waals surface area contributed by atoms with Gasteiger partial charge in [-0.3, -0.25) is 14.4 Å². The lowest BCUT2D eigenvalue weighted by Gasteiger charge is -2.19. The SMILES string of the molecule is CC.CC(C)(C)OC(=O)CCCC(=O)C(=O)O.CC(C)(C)OC(=O)CCCN. The maximum Gasteiger partial charge on any atom is 0.372 e. The van der Waals surface area contributed by atoms with Gasteiger partial charge < -0.3 is 20.3 Å². The highest BCUT2D eigenvalue weighted by atomic mass is 16.6. The lowest BCUT2D eigenvalue weighted by atomic mass is 10.1. The zero-order valence-electron chi connectivity index (χ0n) is 18.7. The molecule has 8 nitrogen and oxygen atoms in total. The van der Waals surface area contributed by atoms with Gasteiger partial charge in [0.25, 0.3) is 0 Å². The number of esters is 2. The van der Waals surface area contributed by atoms with E-state index in [4.69, 9.17) is 20.3 Å². The maximum absolute atomic E-state index is 11.1. The summed E-state index contributed by atoms with van der Waals surface area (Å²) in [5.41, 5.74) is 4.32. The van der Waals surface area contributed by atoms with Gasteiger partial charge in [0.15, 0.2) is 0 Å². The van der Waals surface area contributed by atoms with Gasteiger partial charge in [-0.05, 0) is 60.9 Å². The Kier molecular flexibility index (Phi) is 17.6. The summed E-state index contributed by atoms with van der Waals surface area (Å²) in [4.78, 5) is 42.9. The summed E-state index contributed by atoms with van der Waals surface area (Å²) in [5, 5.41) is 8.27. The van der Waals surface area contributed by atoms with Crippen LogP contribution in [0.2, 0.25) is 0 Å². The highest BCUT2D eigenvalue weighted by Gasteiger charge is 2.17. The van der Waals surface area contributed by atoms with Crippen LogP contribution in [0, 0.1) is 0 Å². The van der Waals surface area contributed by atoms with E-state index in [0.29, 0.717) is 19.4 Å². The molecule has 0 atom stereocenters. The summed E-state index contributed by atoms with van der Waals surface area (Å²) < 4.78 is 10.0. The molecule has 8 heteroatoms. The molecule has 0 saturated carbocycles. The Morgan fingerprint density at radius 1 is 0.750 bits per heavy atom. The van der Waals surface area contributed by atoms with Crippen molar-refractivity contribution < 1.29 is 33.8 Å². The molecule has 0 radical (unpaired) electrons. The summed E-state index contributed by atoms with van der Waals surface area (Å²) >= 11 is 0. The summed E-state index contributed by atoms with van der Waals surface area (Å²) in [6, 6.07) is 0. The van der Waals surface area contributed by atoms with E-state index in [0.717, 1.165) is 0 Å². The Labute approximate surface area is 169 Å². The van der Waals surface area contributed by atoms with Gasteiger partial charge in [0.2, 0.25) is 5.78 Å². The predicted molar refractivity (Wildman–Crippen MR) is 108 cm³/mol. The summed E-state index contributed by atoms with van der Waals surface area (Å²) in [6.45, 7) is 15.3. The monoisotopic (exact) mass is 405 g/mol. The second-order valence-corrected chi connectivity index (χ2v) is 7.65. The van der Waals surface area contributed by atoms with E-state index < -0.39 is 23.3 Å². The minimum Gasteiger partial charge on any atom is -0.476 e. The van der Waals surface area contributed by atoms with E-state index >= 15 is 0 Å². The number of Topliss-reactive ketones (excluding diaryl/α,β-unsaturated/α-hetero) is 1. The van der Waals surface area contributed by atoms with E-state index in [9.17, 15) is 19.2 Å². The number of ether oxygens (including phenoxy) is 2. The quantitative estimate of drug-likeness (QED) is 0.464. The molecule has 0 aromatic heterocycles. The Morgan fingerprint density at radius 3 is 1.39 bits per heavy atom. The maximum atomic E-state index is 11.1. The van der Waals surface area contributed by atoms with E-state index in [-0.39, 0.29) is 30.8 Å². The van der Waals surface area contributed by atoms with Crippen LogP contribution < -0.4 is 5.73 Å². The van der Waals surface area contributed by atoms with Crippen LogP contribution in [0.3, 0.4) is 0 Å². The fourth-order valence-corrected chi connectivity index (χ4v) is 1.53. The van der Waals surface area contributed by atoms with Crippen LogP contribution in [0.1, 0.15) is 87.5 Å². The van der Waals surface area contributed by atoms with Crippen molar-refractivity contribution in [2.24, 2.45) is 5.73 Å². The van der Waals surface area contributed by atoms with Crippen LogP contribution in [0.4, 0.5) is 0 Å². The van der Waals surface area contributed by atoms with Gasteiger partial charge in [0.05, 0.1) is 0 Å². The molecule has 0 aromatic carbocycles. The molecule has 0 heterocycles. The minimum atomic E-state index is -1.46. The third kappa shape index (κ3) is 26.3. The molecular formula is C20H39NO7. The van der Waals surface area contributed by atoms with Crippen molar-refractivity contribution >= 4 is 23.7 Å². The topological polar surface area (TPSA) is 133 Å². The van der Waals surface area contributed by atoms with Gasteiger partial charge in [-0.2, -0.15) is 0 Å². The largest absolute Gasteiger partial charge is 0.476 e. The normalized spacial score (nSPS) is 10.5. The smallest absolute Gasteiger partial charge is 0.372 e. The van der Waals surface area contributed by atoms with Crippen LogP contribution in [0.25, 0.3) is 0 Å². The zero-order chi connectivity index (χ0) is 23.0. The Bertz CT molecular complexity index is 474. The first-order chi connectivity index (χ1) is 12.7. The van der Waals surface area contributed by atoms with Gasteiger partial charge in [0.1, 0.15) is 11.2 Å². The lowest BCUT2D eigenvalue weighted by molar-refractivity contribution is -0.156. The molecule has 0 aliphatic heterocycles. The fourth-order valence-electron chi connectivity index (χ4n) is 1.53. The predicted octanol–water partition coefficient (Wildman–Crippen LogP) is 3.25. The van der Waals surface area contributed by atoms with Gasteiger partial charge in [0, 0.05) is 19.3 Å². The standard InChI is InChI=1S/C10H16O5.C8H17NO2.C2H6/c1-10(2,3)15-8(12)6-4-5-7(11)9(13)14;1-8(2,3)11-7(10)5-4-6-9;1-2/h4-6H2,1-3H3,(H,13,14);4-6,9H2,1-3H3;1-2H3. The number of hydrogen-bond acceptors (Lipinski definition) is 7. The minimum absolute atomic E-state index is 0.0658. The summed E-state index contributed by atoms with van der Waals surface area (Å²) in [5.74, 6) is -2.92. The van der Waals surface area contributed by atoms with Gasteiger partial charge in [-0.25, -0.2) is 4.79 Å². The van der Waals surface area contributed by atoms with Crippen molar-refractivity contribution in [3.63, 3.8) is 0 Å². The average Bonchev–Trinajstić information content (AvgIpc) is 2.52. The van der Waals surface area contributed by atoms with E-state index in [2.05, 4.69) is 0 Å². The summed E-state index contributed by atoms with van der Waals surface area (Å²) in [6.07, 6.45) is 1.27. The van der Waals surface area contributed by atoms with Crippen molar-refractivity contribution in [2.45, 2.75) is 98.7 Å². The van der Waals surface area contributed by atoms with Crippen LogP contribution >= 0.6 is 0 Å². The van der Waals surface area contributed by atoms with E-state index in [1.165, 1.54) is 0 Å². The molecule has 0 rings (SSSR count). The number of aliphatic carboxylic acids is 1. The number of rotatable bonds is 8. The van der Waals surface area contributed by atoms with Gasteiger partial charge >= 0.3 is 17.9 Å². The third-order valence-electron chi connectivity index (χ3n) is 2.45. The molecule has 0 aliphatic carbocycles. The Morgan fingerprint density at radius 2 is 1.11 bits per heavy atom. The van der Waals surface area contributed by atoms with Crippen LogP contribution in [0.15, 0.2) is 0 Å². The number of carboxylic acids is 1. The molecule has 28 heavy (non-hydrogen) atoms. The van der Waals surface area contributed by atoms with Crippen molar-refractivity contribution in [1.82, 2.24) is 0 Å². The zero-order valence-corrected chi connectivity index (χ0v) is 18.7. The van der Waals surface area contributed by atoms with E-state index in [1.807, 2.05) is 34.6 Å². The number of carboxylic acid groups (broad SMARTS) is 1. The second-order valence-electron chi connectivity index (χ2n) is 7.65.